The molecule has 0 heterocycles. The molecular weight excluding hydrogens is 115 g/mol. The van der Waals surface area contributed by atoms with Crippen LogP contribution in [-0.4, -0.2) is 42.5 Å². The Balaban J connectivity index is 0. The normalized spacial score (nSPS) is 9.67. The standard InChI is InChI=1S/CH3O3S.Na.H/c1-5(2,3)4;;/h1H2,(H,2,3,4);;. The zero-order chi connectivity index (χ0) is 4.50. The Morgan fingerprint density at radius 1 is 1.50 bits per heavy atom. The van der Waals surface area contributed by atoms with Crippen molar-refractivity contribution >= 4 is 39.7 Å². The molecule has 0 saturated carbocycles. The van der Waals surface area contributed by atoms with E-state index in [1.165, 1.54) is 0 Å². The van der Waals surface area contributed by atoms with Crippen LogP contribution in [-0.2, 0) is 10.1 Å². The van der Waals surface area contributed by atoms with E-state index in [1.807, 2.05) is 0 Å². The molecule has 1 radical (unpaired) electrons. The summed E-state index contributed by atoms with van der Waals surface area (Å²) in [5.74, 6) is 0. The van der Waals surface area contributed by atoms with Crippen molar-refractivity contribution in [3.05, 3.63) is 6.26 Å². The summed E-state index contributed by atoms with van der Waals surface area (Å²) in [6, 6.07) is 0. The molecule has 0 aromatic carbocycles. The van der Waals surface area contributed by atoms with Gasteiger partial charge in [0.25, 0.3) is 10.1 Å². The molecule has 0 aromatic rings. The molecule has 5 heteroatoms. The topological polar surface area (TPSA) is 54.4 Å². The van der Waals surface area contributed by atoms with E-state index >= 15 is 0 Å². The van der Waals surface area contributed by atoms with E-state index in [4.69, 9.17) is 13.0 Å². The first-order valence-electron chi connectivity index (χ1n) is 0.805. The van der Waals surface area contributed by atoms with Crippen LogP contribution in [0.1, 0.15) is 0 Å². The molecule has 6 heavy (non-hydrogen) atoms. The van der Waals surface area contributed by atoms with Gasteiger partial charge in [0.2, 0.25) is 0 Å². The van der Waals surface area contributed by atoms with Gasteiger partial charge >= 0.3 is 29.6 Å². The van der Waals surface area contributed by atoms with Crippen LogP contribution in [0, 0.1) is 6.26 Å². The van der Waals surface area contributed by atoms with E-state index in [9.17, 15) is 0 Å². The Labute approximate surface area is 58.8 Å². The first kappa shape index (κ1) is 10.0. The van der Waals surface area contributed by atoms with Gasteiger partial charge in [0.15, 0.2) is 0 Å². The van der Waals surface area contributed by atoms with Gasteiger partial charge in [-0.2, -0.15) is 8.42 Å². The summed E-state index contributed by atoms with van der Waals surface area (Å²) in [4.78, 5) is 0. The van der Waals surface area contributed by atoms with Crippen LogP contribution in [0.3, 0.4) is 0 Å². The summed E-state index contributed by atoms with van der Waals surface area (Å²) in [6.07, 6.45) is 2.30. The van der Waals surface area contributed by atoms with E-state index < -0.39 is 10.1 Å². The third kappa shape index (κ3) is 90.6. The second kappa shape index (κ2) is 2.98. The summed E-state index contributed by atoms with van der Waals surface area (Å²) < 4.78 is 25.5. The fourth-order valence-electron chi connectivity index (χ4n) is 0. The van der Waals surface area contributed by atoms with Gasteiger partial charge in [0, 0.05) is 0 Å². The summed E-state index contributed by atoms with van der Waals surface area (Å²) >= 11 is 0. The minimum atomic E-state index is -3.92. The van der Waals surface area contributed by atoms with E-state index in [1.54, 1.807) is 0 Å². The first-order chi connectivity index (χ1) is 2.00. The molecule has 0 aliphatic carbocycles. The SMILES string of the molecule is [CH2]S(=O)(=O)O.[NaH]. The third-order valence-electron chi connectivity index (χ3n) is 0. The molecule has 0 unspecified atom stereocenters. The van der Waals surface area contributed by atoms with Gasteiger partial charge in [0.05, 0.1) is 6.26 Å². The fraction of sp³-hybridized carbons (Fsp3) is 0. The molecule has 0 spiro atoms. The van der Waals surface area contributed by atoms with Crippen molar-refractivity contribution in [3.8, 4) is 0 Å². The third-order valence-corrected chi connectivity index (χ3v) is 0. The van der Waals surface area contributed by atoms with Crippen LogP contribution in [0.2, 0.25) is 0 Å². The van der Waals surface area contributed by atoms with E-state index in [2.05, 4.69) is 6.26 Å². The maximum absolute atomic E-state index is 9.08. The summed E-state index contributed by atoms with van der Waals surface area (Å²) in [5.41, 5.74) is 0. The number of rotatable bonds is 0. The predicted molar refractivity (Wildman–Crippen MR) is 24.1 cm³/mol. The number of hydrogen-bond acceptors (Lipinski definition) is 2. The average Bonchev–Trinajstić information content (AvgIpc) is 0.722. The molecule has 0 aliphatic heterocycles. The van der Waals surface area contributed by atoms with Crippen molar-refractivity contribution < 1.29 is 13.0 Å². The van der Waals surface area contributed by atoms with Crippen LogP contribution >= 0.6 is 0 Å². The van der Waals surface area contributed by atoms with Crippen LogP contribution in [0.25, 0.3) is 0 Å². The summed E-state index contributed by atoms with van der Waals surface area (Å²) in [7, 11) is -3.92. The maximum atomic E-state index is 9.08. The van der Waals surface area contributed by atoms with Gasteiger partial charge in [-0.15, -0.1) is 0 Å². The molecule has 1 N–H and O–H groups in total. The quantitative estimate of drug-likeness (QED) is 0.329. The number of hydrogen-bond donors (Lipinski definition) is 1. The zero-order valence-electron chi connectivity index (χ0n) is 2.38. The van der Waals surface area contributed by atoms with Crippen molar-refractivity contribution in [1.29, 1.82) is 0 Å². The van der Waals surface area contributed by atoms with Crippen LogP contribution in [0.15, 0.2) is 0 Å². The Kier molecular flexibility index (Phi) is 4.98. The molecule has 33 valence electrons. The molecule has 0 fully saturated rings. The van der Waals surface area contributed by atoms with Gasteiger partial charge in [-0.05, 0) is 0 Å². The Hall–Kier alpha value is 0.910. The summed E-state index contributed by atoms with van der Waals surface area (Å²) in [6.45, 7) is 0. The first-order valence-corrected chi connectivity index (χ1v) is 2.41. The zero-order valence-corrected chi connectivity index (χ0v) is 3.20. The molecule has 0 atom stereocenters. The van der Waals surface area contributed by atoms with Crippen molar-refractivity contribution in [2.75, 3.05) is 0 Å². The second-order valence-electron chi connectivity index (χ2n) is 0.582. The van der Waals surface area contributed by atoms with Gasteiger partial charge in [-0.25, -0.2) is 0 Å². The molecule has 0 aromatic heterocycles. The Bertz CT molecular complexity index is 94.0. The fourth-order valence-corrected chi connectivity index (χ4v) is 0. The van der Waals surface area contributed by atoms with Gasteiger partial charge in [-0.3, -0.25) is 4.55 Å². The molecule has 0 aliphatic rings. The van der Waals surface area contributed by atoms with E-state index in [0.29, 0.717) is 0 Å². The van der Waals surface area contributed by atoms with Gasteiger partial charge in [-0.1, -0.05) is 0 Å². The molecule has 0 bridgehead atoms. The minimum absolute atomic E-state index is 0. The van der Waals surface area contributed by atoms with Crippen molar-refractivity contribution in [3.63, 3.8) is 0 Å². The van der Waals surface area contributed by atoms with Crippen LogP contribution in [0.5, 0.6) is 0 Å². The Morgan fingerprint density at radius 3 is 1.50 bits per heavy atom. The molecule has 0 rings (SSSR count). The van der Waals surface area contributed by atoms with Crippen molar-refractivity contribution in [1.82, 2.24) is 0 Å². The van der Waals surface area contributed by atoms with Crippen LogP contribution in [0.4, 0.5) is 0 Å². The van der Waals surface area contributed by atoms with Gasteiger partial charge < -0.3 is 0 Å². The van der Waals surface area contributed by atoms with Crippen molar-refractivity contribution in [2.45, 2.75) is 0 Å². The molecule has 3 nitrogen and oxygen atoms in total. The van der Waals surface area contributed by atoms with E-state index in [-0.39, 0.29) is 29.6 Å². The summed E-state index contributed by atoms with van der Waals surface area (Å²) in [5, 5.41) is 0. The van der Waals surface area contributed by atoms with E-state index in [0.717, 1.165) is 0 Å². The Morgan fingerprint density at radius 2 is 1.50 bits per heavy atom. The monoisotopic (exact) mass is 119 g/mol. The van der Waals surface area contributed by atoms with Crippen LogP contribution < -0.4 is 0 Å². The van der Waals surface area contributed by atoms with Crippen molar-refractivity contribution in [2.24, 2.45) is 0 Å². The molecular formula is CH4NaO3S. The van der Waals surface area contributed by atoms with Gasteiger partial charge in [0.1, 0.15) is 0 Å². The average molecular weight is 119 g/mol. The second-order valence-corrected chi connectivity index (χ2v) is 1.75. The molecule has 0 amide bonds. The molecule has 0 saturated heterocycles. The predicted octanol–water partition coefficient (Wildman–Crippen LogP) is -0.983.